The molecule has 7 heteroatoms. The third-order valence-corrected chi connectivity index (χ3v) is 8.72. The minimum Gasteiger partial charge on any atom is -0.381 e. The van der Waals surface area contributed by atoms with E-state index >= 15 is 0 Å². The van der Waals surface area contributed by atoms with Crippen LogP contribution in [0.1, 0.15) is 57.0 Å². The number of rotatable bonds is 7. The molecular weight excluding hydrogens is 470 g/mol. The third kappa shape index (κ3) is 5.04. The molecule has 5 rings (SSSR count). The molecule has 0 radical (unpaired) electrons. The van der Waals surface area contributed by atoms with Crippen molar-refractivity contribution in [3.63, 3.8) is 0 Å². The van der Waals surface area contributed by atoms with Crippen molar-refractivity contribution in [2.45, 2.75) is 58.0 Å². The zero-order chi connectivity index (χ0) is 25.1. The predicted molar refractivity (Wildman–Crippen MR) is 144 cm³/mol. The molecule has 36 heavy (non-hydrogen) atoms. The highest BCUT2D eigenvalue weighted by atomic mass is 32.1. The smallest absolute Gasteiger partial charge is 0.246 e. The van der Waals surface area contributed by atoms with Gasteiger partial charge in [-0.15, -0.1) is 11.3 Å². The summed E-state index contributed by atoms with van der Waals surface area (Å²) in [4.78, 5) is 33.8. The van der Waals surface area contributed by atoms with Gasteiger partial charge in [0.2, 0.25) is 11.8 Å². The molecule has 0 bridgehead atoms. The van der Waals surface area contributed by atoms with Crippen molar-refractivity contribution in [3.8, 4) is 11.3 Å². The van der Waals surface area contributed by atoms with E-state index in [1.165, 1.54) is 10.8 Å². The van der Waals surface area contributed by atoms with E-state index < -0.39 is 6.04 Å². The Morgan fingerprint density at radius 3 is 2.72 bits per heavy atom. The third-order valence-electron chi connectivity index (χ3n) is 7.77. The van der Waals surface area contributed by atoms with Gasteiger partial charge < -0.3 is 15.0 Å². The van der Waals surface area contributed by atoms with Crippen LogP contribution in [0.3, 0.4) is 0 Å². The van der Waals surface area contributed by atoms with Crippen molar-refractivity contribution in [3.05, 3.63) is 52.9 Å². The second kappa shape index (κ2) is 11.1. The number of hydrogen-bond acceptors (Lipinski definition) is 5. The molecule has 0 saturated carbocycles. The Labute approximate surface area is 217 Å². The molecule has 0 aliphatic carbocycles. The first-order valence-electron chi connectivity index (χ1n) is 13.2. The summed E-state index contributed by atoms with van der Waals surface area (Å²) >= 11 is 1.63. The zero-order valence-electron chi connectivity index (χ0n) is 21.1. The molecule has 3 aromatic rings. The molecule has 1 aromatic heterocycles. The maximum atomic E-state index is 14.0. The van der Waals surface area contributed by atoms with Crippen LogP contribution in [-0.2, 0) is 14.3 Å². The van der Waals surface area contributed by atoms with E-state index in [4.69, 9.17) is 9.72 Å². The standard InChI is InChI=1S/C29H35N3O3S/c1-3-19(2)27(33)31-26(21-13-16-35-17-14-21)29(34)32-15-7-12-25(32)28-30-24(18-36-28)23-11-6-9-20-8-4-5-10-22(20)23/h4-6,8-11,18-19,21,25-26H,3,7,12-17H2,1-2H3,(H,31,33)/t19-,25+,26+/m1/s1. The highest BCUT2D eigenvalue weighted by Gasteiger charge is 2.40. The molecule has 3 atom stereocenters. The quantitative estimate of drug-likeness (QED) is 0.455. The predicted octanol–water partition coefficient (Wildman–Crippen LogP) is 5.58. The molecule has 2 aliphatic rings. The van der Waals surface area contributed by atoms with Gasteiger partial charge in [-0.05, 0) is 48.8 Å². The topological polar surface area (TPSA) is 71.5 Å². The van der Waals surface area contributed by atoms with Gasteiger partial charge in [-0.1, -0.05) is 56.3 Å². The van der Waals surface area contributed by atoms with Crippen molar-refractivity contribution in [1.29, 1.82) is 0 Å². The average Bonchev–Trinajstić information content (AvgIpc) is 3.61. The summed E-state index contributed by atoms with van der Waals surface area (Å²) in [5.41, 5.74) is 2.07. The highest BCUT2D eigenvalue weighted by molar-refractivity contribution is 7.10. The Bertz CT molecular complexity index is 1210. The molecular formula is C29H35N3O3S. The lowest BCUT2D eigenvalue weighted by Crippen LogP contribution is -2.54. The van der Waals surface area contributed by atoms with E-state index in [0.29, 0.717) is 19.8 Å². The van der Waals surface area contributed by atoms with E-state index in [0.717, 1.165) is 48.4 Å². The summed E-state index contributed by atoms with van der Waals surface area (Å²) in [5.74, 6) is -0.0201. The molecule has 2 aliphatic heterocycles. The lowest BCUT2D eigenvalue weighted by atomic mass is 9.90. The van der Waals surface area contributed by atoms with Crippen LogP contribution in [0.4, 0.5) is 0 Å². The van der Waals surface area contributed by atoms with Gasteiger partial charge in [0.05, 0.1) is 11.7 Å². The first-order chi connectivity index (χ1) is 17.6. The van der Waals surface area contributed by atoms with E-state index in [2.05, 4.69) is 53.2 Å². The maximum absolute atomic E-state index is 14.0. The fourth-order valence-corrected chi connectivity index (χ4v) is 6.36. The molecule has 0 unspecified atom stereocenters. The minimum atomic E-state index is -0.506. The van der Waals surface area contributed by atoms with E-state index in [9.17, 15) is 9.59 Å². The van der Waals surface area contributed by atoms with Crippen LogP contribution < -0.4 is 5.32 Å². The Hall–Kier alpha value is -2.77. The van der Waals surface area contributed by atoms with Crippen LogP contribution in [-0.4, -0.2) is 47.5 Å². The number of nitrogens with zero attached hydrogens (tertiary/aromatic N) is 2. The highest BCUT2D eigenvalue weighted by Crippen LogP contribution is 2.38. The molecule has 2 amide bonds. The van der Waals surface area contributed by atoms with E-state index in [1.54, 1.807) is 11.3 Å². The van der Waals surface area contributed by atoms with Gasteiger partial charge in [0.15, 0.2) is 0 Å². The normalized spacial score (nSPS) is 20.4. The summed E-state index contributed by atoms with van der Waals surface area (Å²) in [6, 6.07) is 14.1. The number of hydrogen-bond donors (Lipinski definition) is 1. The summed E-state index contributed by atoms with van der Waals surface area (Å²) in [7, 11) is 0. The molecule has 2 fully saturated rings. The summed E-state index contributed by atoms with van der Waals surface area (Å²) in [6.07, 6.45) is 4.17. The number of fused-ring (bicyclic) bond motifs is 1. The summed E-state index contributed by atoms with van der Waals surface area (Å²) < 4.78 is 5.55. The van der Waals surface area contributed by atoms with Crippen LogP contribution in [0, 0.1) is 11.8 Å². The SMILES string of the molecule is CC[C@@H](C)C(=O)N[C@H](C(=O)N1CCC[C@H]1c1nc(-c2cccc3ccccc23)cs1)C1CCOCC1. The van der Waals surface area contributed by atoms with Gasteiger partial charge in [0, 0.05) is 36.6 Å². The van der Waals surface area contributed by atoms with Crippen molar-refractivity contribution in [2.75, 3.05) is 19.8 Å². The molecule has 1 N–H and O–H groups in total. The van der Waals surface area contributed by atoms with Crippen LogP contribution in [0.25, 0.3) is 22.0 Å². The number of carbonyl (C=O) groups excluding carboxylic acids is 2. The average molecular weight is 506 g/mol. The molecule has 2 saturated heterocycles. The fraction of sp³-hybridized carbons (Fsp3) is 0.483. The van der Waals surface area contributed by atoms with Gasteiger partial charge in [-0.2, -0.15) is 0 Å². The van der Waals surface area contributed by atoms with Crippen molar-refractivity contribution >= 4 is 33.9 Å². The van der Waals surface area contributed by atoms with Crippen molar-refractivity contribution < 1.29 is 14.3 Å². The lowest BCUT2D eigenvalue weighted by molar-refractivity contribution is -0.140. The summed E-state index contributed by atoms with van der Waals surface area (Å²) in [6.45, 7) is 5.90. The number of likely N-dealkylation sites (tertiary alicyclic amines) is 1. The number of aromatic nitrogens is 1. The molecule has 0 spiro atoms. The molecule has 190 valence electrons. The second-order valence-electron chi connectivity index (χ2n) is 10.0. The van der Waals surface area contributed by atoms with Gasteiger partial charge in [0.1, 0.15) is 11.0 Å². The Kier molecular flexibility index (Phi) is 7.67. The maximum Gasteiger partial charge on any atom is 0.246 e. The van der Waals surface area contributed by atoms with Crippen LogP contribution >= 0.6 is 11.3 Å². The molecule has 3 heterocycles. The fourth-order valence-electron chi connectivity index (χ4n) is 5.39. The number of benzene rings is 2. The van der Waals surface area contributed by atoms with Crippen LogP contribution in [0.2, 0.25) is 0 Å². The van der Waals surface area contributed by atoms with Gasteiger partial charge >= 0.3 is 0 Å². The van der Waals surface area contributed by atoms with Gasteiger partial charge in [-0.25, -0.2) is 4.98 Å². The largest absolute Gasteiger partial charge is 0.381 e. The van der Waals surface area contributed by atoms with Crippen LogP contribution in [0.15, 0.2) is 47.8 Å². The van der Waals surface area contributed by atoms with Crippen LogP contribution in [0.5, 0.6) is 0 Å². The first-order valence-corrected chi connectivity index (χ1v) is 14.1. The first kappa shape index (κ1) is 24.9. The lowest BCUT2D eigenvalue weighted by Gasteiger charge is -2.35. The molecule has 2 aromatic carbocycles. The number of thiazole rings is 1. The number of amides is 2. The second-order valence-corrected chi connectivity index (χ2v) is 10.9. The van der Waals surface area contributed by atoms with Gasteiger partial charge in [0.25, 0.3) is 0 Å². The number of nitrogens with one attached hydrogen (secondary N) is 1. The minimum absolute atomic E-state index is 0.0305. The van der Waals surface area contributed by atoms with E-state index in [-0.39, 0.29) is 29.7 Å². The number of ether oxygens (including phenoxy) is 1. The van der Waals surface area contributed by atoms with E-state index in [1.807, 2.05) is 18.7 Å². The van der Waals surface area contributed by atoms with Crippen molar-refractivity contribution in [1.82, 2.24) is 15.2 Å². The Morgan fingerprint density at radius 2 is 1.92 bits per heavy atom. The monoisotopic (exact) mass is 505 g/mol. The zero-order valence-corrected chi connectivity index (χ0v) is 21.9. The number of carbonyl (C=O) groups is 2. The van der Waals surface area contributed by atoms with Gasteiger partial charge in [-0.3, -0.25) is 9.59 Å². The Morgan fingerprint density at radius 1 is 1.14 bits per heavy atom. The Balaban J connectivity index is 1.40. The van der Waals surface area contributed by atoms with Crippen molar-refractivity contribution in [2.24, 2.45) is 11.8 Å². The molecule has 6 nitrogen and oxygen atoms in total. The summed E-state index contributed by atoms with van der Waals surface area (Å²) in [5, 5.41) is 8.60.